The molecule has 1 N–H and O–H groups in total. The van der Waals surface area contributed by atoms with E-state index in [-0.39, 0.29) is 11.4 Å². The highest BCUT2D eigenvalue weighted by Crippen LogP contribution is 2.22. The quantitative estimate of drug-likeness (QED) is 0.656. The van der Waals surface area contributed by atoms with Gasteiger partial charge in [-0.25, -0.2) is 9.97 Å². The monoisotopic (exact) mass is 356 g/mol. The van der Waals surface area contributed by atoms with E-state index in [0.717, 1.165) is 31.7 Å². The molecule has 0 aliphatic carbocycles. The summed E-state index contributed by atoms with van der Waals surface area (Å²) < 4.78 is 0. The summed E-state index contributed by atoms with van der Waals surface area (Å²) >= 11 is 0. The number of rotatable bonds is 4. The number of nitro benzene ring substituents is 1. The van der Waals surface area contributed by atoms with Crippen LogP contribution in [0.4, 0.5) is 17.2 Å². The van der Waals surface area contributed by atoms with Crippen LogP contribution in [0, 0.1) is 17.0 Å². The average Bonchev–Trinajstić information content (AvgIpc) is 2.64. The molecular weight excluding hydrogens is 336 g/mol. The molecule has 0 unspecified atom stereocenters. The molecule has 26 heavy (non-hydrogen) atoms. The summed E-state index contributed by atoms with van der Waals surface area (Å²) in [6, 6.07) is 5.99. The fraction of sp³-hybridized carbons (Fsp3) is 0.353. The van der Waals surface area contributed by atoms with Crippen molar-refractivity contribution < 1.29 is 9.72 Å². The zero-order chi connectivity index (χ0) is 18.7. The molecule has 3 rings (SSSR count). The fourth-order valence-electron chi connectivity index (χ4n) is 2.72. The molecule has 1 saturated heterocycles. The smallest absolute Gasteiger partial charge is 0.274 e. The van der Waals surface area contributed by atoms with Gasteiger partial charge in [-0.2, -0.15) is 0 Å². The minimum absolute atomic E-state index is 0.0771. The van der Waals surface area contributed by atoms with Gasteiger partial charge >= 0.3 is 0 Å². The summed E-state index contributed by atoms with van der Waals surface area (Å²) in [4.78, 5) is 35.6. The maximum Gasteiger partial charge on any atom is 0.274 e. The number of nitrogens with zero attached hydrogens (tertiary/aromatic N) is 5. The predicted octanol–water partition coefficient (Wildman–Crippen LogP) is 1.70. The summed E-state index contributed by atoms with van der Waals surface area (Å²) in [6.07, 6.45) is 1.36. The molecule has 0 atom stereocenters. The summed E-state index contributed by atoms with van der Waals surface area (Å²) in [5.41, 5.74) is 1.27. The summed E-state index contributed by atoms with van der Waals surface area (Å²) in [7, 11) is 2.07. The van der Waals surface area contributed by atoms with E-state index < -0.39 is 10.8 Å². The number of non-ortho nitro benzene ring substituents is 1. The number of hydrogen-bond donors (Lipinski definition) is 1. The first-order chi connectivity index (χ1) is 12.4. The molecular formula is C17H20N6O3. The first kappa shape index (κ1) is 17.7. The lowest BCUT2D eigenvalue weighted by molar-refractivity contribution is -0.384. The van der Waals surface area contributed by atoms with Gasteiger partial charge < -0.3 is 15.1 Å². The number of piperazine rings is 1. The third-order valence-corrected chi connectivity index (χ3v) is 4.39. The van der Waals surface area contributed by atoms with Gasteiger partial charge in [-0.05, 0) is 19.5 Å². The van der Waals surface area contributed by atoms with Gasteiger partial charge in [0.05, 0.1) is 10.6 Å². The van der Waals surface area contributed by atoms with Gasteiger partial charge in [0.2, 0.25) is 0 Å². The number of nitro groups is 1. The molecule has 9 nitrogen and oxygen atoms in total. The van der Waals surface area contributed by atoms with Gasteiger partial charge in [0, 0.05) is 44.4 Å². The summed E-state index contributed by atoms with van der Waals surface area (Å²) in [5.74, 6) is 0.278. The third-order valence-electron chi connectivity index (χ3n) is 4.39. The lowest BCUT2D eigenvalue weighted by Gasteiger charge is -2.33. The largest absolute Gasteiger partial charge is 0.354 e. The average molecular weight is 356 g/mol. The van der Waals surface area contributed by atoms with Crippen molar-refractivity contribution in [2.24, 2.45) is 0 Å². The maximum atomic E-state index is 12.5. The van der Waals surface area contributed by atoms with Crippen LogP contribution in [-0.2, 0) is 0 Å². The number of hydrogen-bond acceptors (Lipinski definition) is 7. The summed E-state index contributed by atoms with van der Waals surface area (Å²) in [5, 5.41) is 13.6. The second-order valence-electron chi connectivity index (χ2n) is 6.26. The molecule has 0 bridgehead atoms. The number of amides is 1. The van der Waals surface area contributed by atoms with E-state index in [1.807, 2.05) is 0 Å². The lowest BCUT2D eigenvalue weighted by atomic mass is 10.1. The van der Waals surface area contributed by atoms with Gasteiger partial charge in [0.15, 0.2) is 0 Å². The predicted molar refractivity (Wildman–Crippen MR) is 97.5 cm³/mol. The first-order valence-corrected chi connectivity index (χ1v) is 8.26. The molecule has 1 aromatic carbocycles. The number of aryl methyl sites for hydroxylation is 1. The molecule has 9 heteroatoms. The number of nitrogens with one attached hydrogen (secondary N) is 1. The maximum absolute atomic E-state index is 12.5. The van der Waals surface area contributed by atoms with Gasteiger partial charge in [-0.15, -0.1) is 0 Å². The van der Waals surface area contributed by atoms with Crippen molar-refractivity contribution in [1.29, 1.82) is 0 Å². The number of anilines is 2. The third kappa shape index (κ3) is 3.94. The van der Waals surface area contributed by atoms with Crippen molar-refractivity contribution in [2.75, 3.05) is 43.4 Å². The van der Waals surface area contributed by atoms with Crippen molar-refractivity contribution in [3.8, 4) is 0 Å². The van der Waals surface area contributed by atoms with Crippen LogP contribution in [0.3, 0.4) is 0 Å². The molecule has 136 valence electrons. The molecule has 1 aliphatic heterocycles. The van der Waals surface area contributed by atoms with Crippen LogP contribution in [0.25, 0.3) is 0 Å². The first-order valence-electron chi connectivity index (χ1n) is 8.26. The minimum Gasteiger partial charge on any atom is -0.354 e. The van der Waals surface area contributed by atoms with Gasteiger partial charge in [0.25, 0.3) is 11.6 Å². The van der Waals surface area contributed by atoms with Gasteiger partial charge in [-0.3, -0.25) is 14.9 Å². The molecule has 1 amide bonds. The summed E-state index contributed by atoms with van der Waals surface area (Å²) in [6.45, 7) is 5.29. The molecule has 1 aliphatic rings. The fourth-order valence-corrected chi connectivity index (χ4v) is 2.72. The van der Waals surface area contributed by atoms with Crippen LogP contribution in [0.2, 0.25) is 0 Å². The van der Waals surface area contributed by atoms with E-state index in [1.54, 1.807) is 19.1 Å². The van der Waals surface area contributed by atoms with Gasteiger partial charge in [-0.1, -0.05) is 6.07 Å². The van der Waals surface area contributed by atoms with Crippen LogP contribution < -0.4 is 10.2 Å². The Balaban J connectivity index is 1.77. The van der Waals surface area contributed by atoms with Crippen LogP contribution in [0.5, 0.6) is 0 Å². The lowest BCUT2D eigenvalue weighted by Crippen LogP contribution is -2.44. The molecule has 0 spiro atoms. The second kappa shape index (κ2) is 7.44. The number of benzene rings is 1. The number of carbonyl (C=O) groups excluding carboxylic acids is 1. The van der Waals surface area contributed by atoms with Crippen LogP contribution in [0.1, 0.15) is 16.1 Å². The Bertz CT molecular complexity index is 833. The number of aromatic nitrogens is 2. The van der Waals surface area contributed by atoms with E-state index in [4.69, 9.17) is 0 Å². The van der Waals surface area contributed by atoms with Crippen molar-refractivity contribution >= 4 is 23.1 Å². The number of likely N-dealkylation sites (N-methyl/N-ethyl adjacent to an activating group) is 1. The van der Waals surface area contributed by atoms with Crippen molar-refractivity contribution in [2.45, 2.75) is 6.92 Å². The highest BCUT2D eigenvalue weighted by atomic mass is 16.6. The van der Waals surface area contributed by atoms with Gasteiger partial charge in [0.1, 0.15) is 17.8 Å². The van der Waals surface area contributed by atoms with Crippen molar-refractivity contribution in [3.05, 3.63) is 52.0 Å². The standard InChI is InChI=1S/C17H20N6O3/c1-12-3-4-13(23(25)26)9-14(12)20-17(24)15-10-16(19-11-18-15)22-7-5-21(2)6-8-22/h3-4,9-11H,5-8H2,1-2H3,(H,20,24). The van der Waals surface area contributed by atoms with Crippen molar-refractivity contribution in [1.82, 2.24) is 14.9 Å². The topological polar surface area (TPSA) is 104 Å². The molecule has 2 heterocycles. The van der Waals surface area contributed by atoms with Crippen LogP contribution >= 0.6 is 0 Å². The zero-order valence-corrected chi connectivity index (χ0v) is 14.7. The van der Waals surface area contributed by atoms with Crippen LogP contribution in [0.15, 0.2) is 30.6 Å². The number of carbonyl (C=O) groups is 1. The normalized spacial score (nSPS) is 14.9. The second-order valence-corrected chi connectivity index (χ2v) is 6.26. The highest BCUT2D eigenvalue weighted by molar-refractivity contribution is 6.03. The molecule has 1 fully saturated rings. The highest BCUT2D eigenvalue weighted by Gasteiger charge is 2.18. The van der Waals surface area contributed by atoms with E-state index in [0.29, 0.717) is 11.5 Å². The van der Waals surface area contributed by atoms with Crippen LogP contribution in [-0.4, -0.2) is 58.9 Å². The molecule has 0 radical (unpaired) electrons. The Morgan fingerprint density at radius 3 is 2.62 bits per heavy atom. The minimum atomic E-state index is -0.495. The Labute approximate surface area is 150 Å². The van der Waals surface area contributed by atoms with E-state index in [2.05, 4.69) is 32.1 Å². The zero-order valence-electron chi connectivity index (χ0n) is 14.7. The Morgan fingerprint density at radius 2 is 1.92 bits per heavy atom. The Hall–Kier alpha value is -3.07. The van der Waals surface area contributed by atoms with Crippen molar-refractivity contribution in [3.63, 3.8) is 0 Å². The van der Waals surface area contributed by atoms with E-state index in [1.165, 1.54) is 18.5 Å². The molecule has 0 saturated carbocycles. The van der Waals surface area contributed by atoms with E-state index in [9.17, 15) is 14.9 Å². The SMILES string of the molecule is Cc1ccc([N+](=O)[O-])cc1NC(=O)c1cc(N2CCN(C)CC2)ncn1. The van der Waals surface area contributed by atoms with E-state index >= 15 is 0 Å². The Morgan fingerprint density at radius 1 is 1.19 bits per heavy atom. The molecule has 1 aromatic heterocycles. The Kier molecular flexibility index (Phi) is 5.08. The molecule has 2 aromatic rings.